The highest BCUT2D eigenvalue weighted by molar-refractivity contribution is 7.98. The van der Waals surface area contributed by atoms with Gasteiger partial charge in [-0.05, 0) is 25.0 Å². The first-order chi connectivity index (χ1) is 10.7. The second-order valence-corrected chi connectivity index (χ2v) is 7.40. The molecule has 2 heterocycles. The molecule has 8 heteroatoms. The summed E-state index contributed by atoms with van der Waals surface area (Å²) < 4.78 is 6.24. The summed E-state index contributed by atoms with van der Waals surface area (Å²) in [5.41, 5.74) is 1.51. The van der Waals surface area contributed by atoms with Crippen LogP contribution in [0.1, 0.15) is 24.6 Å². The quantitative estimate of drug-likeness (QED) is 0.532. The number of para-hydroxylation sites is 1. The number of hydrogen-bond donors (Lipinski definition) is 0. The van der Waals surface area contributed by atoms with Crippen LogP contribution in [0.5, 0.6) is 0 Å². The number of aromatic nitrogens is 4. The highest BCUT2D eigenvalue weighted by Gasteiger charge is 2.28. The third-order valence-electron chi connectivity index (χ3n) is 3.53. The van der Waals surface area contributed by atoms with Gasteiger partial charge in [0.2, 0.25) is 0 Å². The van der Waals surface area contributed by atoms with Gasteiger partial charge in [-0.3, -0.25) is 9.36 Å². The Morgan fingerprint density at radius 3 is 2.91 bits per heavy atom. The van der Waals surface area contributed by atoms with Gasteiger partial charge in [0.25, 0.3) is 5.56 Å². The van der Waals surface area contributed by atoms with E-state index in [0.29, 0.717) is 15.5 Å². The molecule has 1 aromatic carbocycles. The Bertz CT molecular complexity index is 903. The molecule has 112 valence electrons. The van der Waals surface area contributed by atoms with E-state index >= 15 is 0 Å². The molecule has 0 aliphatic heterocycles. The van der Waals surface area contributed by atoms with E-state index in [1.54, 1.807) is 0 Å². The summed E-state index contributed by atoms with van der Waals surface area (Å²) in [4.78, 5) is 17.4. The number of benzene rings is 1. The van der Waals surface area contributed by atoms with Crippen LogP contribution in [0.15, 0.2) is 34.2 Å². The Hall–Kier alpha value is -1.44. The van der Waals surface area contributed by atoms with Crippen molar-refractivity contribution in [3.63, 3.8) is 0 Å². The van der Waals surface area contributed by atoms with Crippen molar-refractivity contribution in [1.29, 1.82) is 0 Å². The molecule has 0 saturated heterocycles. The molecule has 22 heavy (non-hydrogen) atoms. The molecule has 1 aliphatic carbocycles. The molecule has 1 aliphatic rings. The van der Waals surface area contributed by atoms with E-state index in [1.165, 1.54) is 23.3 Å². The average Bonchev–Trinajstić information content (AvgIpc) is 3.27. The predicted octanol–water partition coefficient (Wildman–Crippen LogP) is 3.53. The van der Waals surface area contributed by atoms with Crippen LogP contribution in [0.3, 0.4) is 0 Å². The smallest absolute Gasteiger partial charge is 0.262 e. The maximum absolute atomic E-state index is 12.7. The molecular formula is C14H11ClN4OS2. The van der Waals surface area contributed by atoms with Gasteiger partial charge in [-0.2, -0.15) is 0 Å². The average molecular weight is 351 g/mol. The van der Waals surface area contributed by atoms with E-state index in [4.69, 9.17) is 11.6 Å². The monoisotopic (exact) mass is 350 g/mol. The van der Waals surface area contributed by atoms with Gasteiger partial charge in [0.1, 0.15) is 10.0 Å². The van der Waals surface area contributed by atoms with E-state index in [9.17, 15) is 4.79 Å². The molecule has 1 saturated carbocycles. The van der Waals surface area contributed by atoms with Crippen molar-refractivity contribution >= 4 is 45.8 Å². The molecule has 2 aromatic heterocycles. The standard InChI is InChI=1S/C14H11ClN4OS2/c15-12-11(17-18-22-12)7-21-14-16-10-4-2-1-3-9(10)13(20)19(14)8-5-6-8/h1-4,8H,5-7H2. The van der Waals surface area contributed by atoms with E-state index in [-0.39, 0.29) is 11.6 Å². The van der Waals surface area contributed by atoms with Gasteiger partial charge in [0.05, 0.1) is 10.9 Å². The minimum Gasteiger partial charge on any atom is -0.284 e. The molecule has 0 radical (unpaired) electrons. The van der Waals surface area contributed by atoms with Crippen molar-refractivity contribution in [2.75, 3.05) is 0 Å². The zero-order valence-corrected chi connectivity index (χ0v) is 13.8. The van der Waals surface area contributed by atoms with Crippen LogP contribution in [0.25, 0.3) is 10.9 Å². The maximum Gasteiger partial charge on any atom is 0.262 e. The second kappa shape index (κ2) is 5.64. The van der Waals surface area contributed by atoms with E-state index in [2.05, 4.69) is 14.6 Å². The van der Waals surface area contributed by atoms with Crippen molar-refractivity contribution in [2.24, 2.45) is 0 Å². The van der Waals surface area contributed by atoms with E-state index in [0.717, 1.165) is 29.2 Å². The fourth-order valence-electron chi connectivity index (χ4n) is 2.30. The minimum atomic E-state index is 0.0399. The SMILES string of the molecule is O=c1c2ccccc2nc(SCc2nnsc2Cl)n1C1CC1. The Morgan fingerprint density at radius 2 is 2.18 bits per heavy atom. The zero-order chi connectivity index (χ0) is 15.1. The molecule has 1 fully saturated rings. The molecular weight excluding hydrogens is 340 g/mol. The second-order valence-electron chi connectivity index (χ2n) is 5.10. The van der Waals surface area contributed by atoms with Crippen LogP contribution in [-0.2, 0) is 5.75 Å². The molecule has 0 N–H and O–H groups in total. The van der Waals surface area contributed by atoms with Crippen LogP contribution < -0.4 is 5.56 Å². The fourth-order valence-corrected chi connectivity index (χ4v) is 4.10. The third-order valence-corrected chi connectivity index (χ3v) is 5.48. The van der Waals surface area contributed by atoms with Crippen LogP contribution in [0, 0.1) is 0 Å². The van der Waals surface area contributed by atoms with Gasteiger partial charge in [-0.15, -0.1) is 5.10 Å². The molecule has 3 aromatic rings. The molecule has 0 atom stereocenters. The Balaban J connectivity index is 1.77. The lowest BCUT2D eigenvalue weighted by Gasteiger charge is -2.11. The van der Waals surface area contributed by atoms with Crippen LogP contribution >= 0.6 is 34.9 Å². The van der Waals surface area contributed by atoms with Crippen molar-refractivity contribution in [3.8, 4) is 0 Å². The highest BCUT2D eigenvalue weighted by atomic mass is 35.5. The van der Waals surface area contributed by atoms with Crippen molar-refractivity contribution < 1.29 is 0 Å². The van der Waals surface area contributed by atoms with Crippen LogP contribution in [0.2, 0.25) is 4.34 Å². The molecule has 0 bridgehead atoms. The first-order valence-electron chi connectivity index (χ1n) is 6.85. The van der Waals surface area contributed by atoms with E-state index in [1.807, 2.05) is 28.8 Å². The van der Waals surface area contributed by atoms with Crippen LogP contribution in [0.4, 0.5) is 0 Å². The summed E-state index contributed by atoms with van der Waals surface area (Å²) in [6, 6.07) is 7.74. The van der Waals surface area contributed by atoms with Gasteiger partial charge in [0, 0.05) is 23.3 Å². The maximum atomic E-state index is 12.7. The van der Waals surface area contributed by atoms with Gasteiger partial charge >= 0.3 is 0 Å². The lowest BCUT2D eigenvalue weighted by atomic mass is 10.2. The topological polar surface area (TPSA) is 60.7 Å². The first-order valence-corrected chi connectivity index (χ1v) is 8.98. The summed E-state index contributed by atoms with van der Waals surface area (Å²) in [5.74, 6) is 0.562. The predicted molar refractivity (Wildman–Crippen MR) is 88.8 cm³/mol. The number of fused-ring (bicyclic) bond motifs is 1. The van der Waals surface area contributed by atoms with Gasteiger partial charge in [-0.25, -0.2) is 4.98 Å². The summed E-state index contributed by atoms with van der Waals surface area (Å²) in [5, 5.41) is 5.41. The van der Waals surface area contributed by atoms with Crippen molar-refractivity contribution in [3.05, 3.63) is 44.6 Å². The largest absolute Gasteiger partial charge is 0.284 e. The van der Waals surface area contributed by atoms with E-state index < -0.39 is 0 Å². The zero-order valence-electron chi connectivity index (χ0n) is 11.4. The van der Waals surface area contributed by atoms with Gasteiger partial charge in [0.15, 0.2) is 5.16 Å². The molecule has 0 spiro atoms. The lowest BCUT2D eigenvalue weighted by Crippen LogP contribution is -2.22. The number of thioether (sulfide) groups is 1. The Kier molecular flexibility index (Phi) is 3.63. The van der Waals surface area contributed by atoms with Crippen LogP contribution in [-0.4, -0.2) is 19.1 Å². The Labute approximate surface area is 139 Å². The summed E-state index contributed by atoms with van der Waals surface area (Å²) in [6.45, 7) is 0. The third kappa shape index (κ3) is 2.53. The number of rotatable bonds is 4. The number of hydrogen-bond acceptors (Lipinski definition) is 6. The normalized spacial score (nSPS) is 14.6. The first kappa shape index (κ1) is 14.2. The molecule has 0 amide bonds. The highest BCUT2D eigenvalue weighted by Crippen LogP contribution is 2.37. The Morgan fingerprint density at radius 1 is 1.36 bits per heavy atom. The van der Waals surface area contributed by atoms with Gasteiger partial charge < -0.3 is 0 Å². The summed E-state index contributed by atoms with van der Waals surface area (Å²) >= 11 is 8.70. The number of nitrogens with zero attached hydrogens (tertiary/aromatic N) is 4. The minimum absolute atomic E-state index is 0.0399. The summed E-state index contributed by atoms with van der Waals surface area (Å²) in [7, 11) is 0. The molecule has 5 nitrogen and oxygen atoms in total. The number of halogens is 1. The summed E-state index contributed by atoms with van der Waals surface area (Å²) in [6.07, 6.45) is 2.07. The van der Waals surface area contributed by atoms with Crippen molar-refractivity contribution in [2.45, 2.75) is 29.8 Å². The lowest BCUT2D eigenvalue weighted by molar-refractivity contribution is 0.618. The molecule has 0 unspecified atom stereocenters. The fraction of sp³-hybridized carbons (Fsp3) is 0.286. The van der Waals surface area contributed by atoms with Gasteiger partial charge in [-0.1, -0.05) is 40.0 Å². The molecule has 4 rings (SSSR count). The van der Waals surface area contributed by atoms with Crippen molar-refractivity contribution in [1.82, 2.24) is 19.1 Å².